The number of rotatable bonds is 4. The minimum absolute atomic E-state index is 0. The number of nitrogens with zero attached hydrogens (tertiary/aromatic N) is 4. The Morgan fingerprint density at radius 3 is 2.76 bits per heavy atom. The van der Waals surface area contributed by atoms with Gasteiger partial charge in [0, 0.05) is 33.9 Å². The second kappa shape index (κ2) is 7.68. The van der Waals surface area contributed by atoms with E-state index in [0.717, 1.165) is 43.9 Å². The molecule has 0 saturated carbocycles. The highest BCUT2D eigenvalue weighted by Gasteiger charge is 2.28. The van der Waals surface area contributed by atoms with Gasteiger partial charge in [-0.1, -0.05) is 0 Å². The van der Waals surface area contributed by atoms with E-state index in [1.165, 1.54) is 0 Å². The van der Waals surface area contributed by atoms with Crippen molar-refractivity contribution in [3.63, 3.8) is 0 Å². The molecular formula is C21H31N5O3. The van der Waals surface area contributed by atoms with Crippen LogP contribution in [0.4, 0.5) is 11.6 Å². The van der Waals surface area contributed by atoms with Crippen molar-refractivity contribution >= 4 is 17.5 Å². The van der Waals surface area contributed by atoms with Crippen LogP contribution in [-0.4, -0.2) is 52.3 Å². The van der Waals surface area contributed by atoms with Gasteiger partial charge in [-0.15, -0.1) is 0 Å². The van der Waals surface area contributed by atoms with Gasteiger partial charge >= 0.3 is 0 Å². The SMILES string of the molecule is Cc1nc(C(C)(C)O)ccc1-c1cnc2c(n1)N(CC1CCOCC1)CC(=O)N2.[HH].[HH]. The molecule has 2 aliphatic heterocycles. The highest BCUT2D eigenvalue weighted by atomic mass is 16.5. The third kappa shape index (κ3) is 4.23. The average molecular weight is 402 g/mol. The maximum absolute atomic E-state index is 12.1. The Balaban J connectivity index is 0.00000171. The Hall–Kier alpha value is -2.58. The molecule has 29 heavy (non-hydrogen) atoms. The second-order valence-electron chi connectivity index (χ2n) is 8.30. The zero-order valence-electron chi connectivity index (χ0n) is 17.1. The van der Waals surface area contributed by atoms with Gasteiger partial charge in [0.1, 0.15) is 5.60 Å². The number of fused-ring (bicyclic) bond motifs is 1. The summed E-state index contributed by atoms with van der Waals surface area (Å²) < 4.78 is 5.45. The summed E-state index contributed by atoms with van der Waals surface area (Å²) in [6.07, 6.45) is 3.63. The summed E-state index contributed by atoms with van der Waals surface area (Å²) in [7, 11) is 0. The first-order valence-corrected chi connectivity index (χ1v) is 10.0. The van der Waals surface area contributed by atoms with Crippen LogP contribution in [0.15, 0.2) is 18.3 Å². The zero-order valence-corrected chi connectivity index (χ0v) is 17.1. The van der Waals surface area contributed by atoms with E-state index in [4.69, 9.17) is 9.72 Å². The topological polar surface area (TPSA) is 100 Å². The van der Waals surface area contributed by atoms with Crippen LogP contribution in [0.2, 0.25) is 0 Å². The highest BCUT2D eigenvalue weighted by molar-refractivity contribution is 5.99. The van der Waals surface area contributed by atoms with Crippen LogP contribution in [0, 0.1) is 12.8 Å². The molecule has 0 spiro atoms. The summed E-state index contributed by atoms with van der Waals surface area (Å²) in [6, 6.07) is 3.72. The van der Waals surface area contributed by atoms with Gasteiger partial charge in [0.15, 0.2) is 11.6 Å². The van der Waals surface area contributed by atoms with E-state index in [2.05, 4.69) is 15.3 Å². The lowest BCUT2D eigenvalue weighted by molar-refractivity contribution is -0.115. The Morgan fingerprint density at radius 1 is 1.31 bits per heavy atom. The van der Waals surface area contributed by atoms with Crippen LogP contribution in [0.5, 0.6) is 0 Å². The number of ether oxygens (including phenoxy) is 1. The van der Waals surface area contributed by atoms with E-state index in [-0.39, 0.29) is 15.3 Å². The zero-order chi connectivity index (χ0) is 20.6. The van der Waals surface area contributed by atoms with Crippen LogP contribution in [-0.2, 0) is 15.1 Å². The van der Waals surface area contributed by atoms with Gasteiger partial charge < -0.3 is 20.1 Å². The molecule has 0 unspecified atom stereocenters. The fourth-order valence-corrected chi connectivity index (χ4v) is 3.80. The van der Waals surface area contributed by atoms with Crippen molar-refractivity contribution in [1.29, 1.82) is 0 Å². The third-order valence-corrected chi connectivity index (χ3v) is 5.45. The van der Waals surface area contributed by atoms with Gasteiger partial charge in [0.05, 0.1) is 24.1 Å². The first-order chi connectivity index (χ1) is 13.8. The fraction of sp³-hybridized carbons (Fsp3) is 0.524. The molecule has 2 aromatic rings. The van der Waals surface area contributed by atoms with Gasteiger partial charge in [0.2, 0.25) is 5.91 Å². The summed E-state index contributed by atoms with van der Waals surface area (Å²) >= 11 is 0. The lowest BCUT2D eigenvalue weighted by Crippen LogP contribution is -2.42. The Bertz CT molecular complexity index is 930. The molecule has 8 heteroatoms. The lowest BCUT2D eigenvalue weighted by Gasteiger charge is -2.33. The quantitative estimate of drug-likeness (QED) is 0.812. The number of anilines is 2. The smallest absolute Gasteiger partial charge is 0.245 e. The predicted molar refractivity (Wildman–Crippen MR) is 114 cm³/mol. The van der Waals surface area contributed by atoms with Crippen molar-refractivity contribution in [2.75, 3.05) is 36.5 Å². The molecule has 0 radical (unpaired) electrons. The number of hydrogen-bond donors (Lipinski definition) is 2. The number of aliphatic hydroxyl groups is 1. The molecule has 4 heterocycles. The Morgan fingerprint density at radius 2 is 2.07 bits per heavy atom. The van der Waals surface area contributed by atoms with Crippen molar-refractivity contribution in [1.82, 2.24) is 15.0 Å². The molecule has 0 aliphatic carbocycles. The summed E-state index contributed by atoms with van der Waals surface area (Å²) in [4.78, 5) is 28.0. The standard InChI is InChI=1S/C21H27N5O3.2H2/c1-13-15(4-5-17(23-13)21(2,3)28)16-10-22-19-20(24-16)26(12-18(27)25-19)11-14-6-8-29-9-7-14;;/h4-5,10,14,28H,6-9,11-12H2,1-3H3,(H,22,25,27);2*1H. The predicted octanol–water partition coefficient (Wildman–Crippen LogP) is 2.75. The number of amides is 1. The molecule has 1 fully saturated rings. The molecule has 0 aromatic carbocycles. The Labute approximate surface area is 173 Å². The van der Waals surface area contributed by atoms with Gasteiger partial charge in [-0.25, -0.2) is 9.97 Å². The normalized spacial score (nSPS) is 17.8. The molecule has 1 amide bonds. The molecule has 0 bridgehead atoms. The number of aromatic nitrogens is 3. The molecule has 8 nitrogen and oxygen atoms in total. The van der Waals surface area contributed by atoms with E-state index in [1.54, 1.807) is 20.0 Å². The van der Waals surface area contributed by atoms with Gasteiger partial charge in [-0.05, 0) is 51.7 Å². The lowest BCUT2D eigenvalue weighted by atomic mass is 9.99. The van der Waals surface area contributed by atoms with Gasteiger partial charge in [0.25, 0.3) is 0 Å². The number of aryl methyl sites for hydroxylation is 1. The molecule has 1 saturated heterocycles. The van der Waals surface area contributed by atoms with Gasteiger partial charge in [-0.2, -0.15) is 0 Å². The molecule has 2 aromatic heterocycles. The maximum atomic E-state index is 12.1. The van der Waals surface area contributed by atoms with Crippen molar-refractivity contribution in [2.24, 2.45) is 5.92 Å². The van der Waals surface area contributed by atoms with E-state index < -0.39 is 5.60 Å². The fourth-order valence-electron chi connectivity index (χ4n) is 3.80. The van der Waals surface area contributed by atoms with E-state index in [0.29, 0.717) is 28.9 Å². The third-order valence-electron chi connectivity index (χ3n) is 5.45. The molecule has 4 rings (SSSR count). The molecule has 2 N–H and O–H groups in total. The minimum Gasteiger partial charge on any atom is -0.384 e. The first-order valence-electron chi connectivity index (χ1n) is 10.0. The van der Waals surface area contributed by atoms with Crippen LogP contribution in [0.3, 0.4) is 0 Å². The van der Waals surface area contributed by atoms with Crippen molar-refractivity contribution in [3.8, 4) is 11.3 Å². The van der Waals surface area contributed by atoms with Gasteiger partial charge in [-0.3, -0.25) is 9.78 Å². The van der Waals surface area contributed by atoms with Crippen molar-refractivity contribution < 1.29 is 17.5 Å². The van der Waals surface area contributed by atoms with Crippen molar-refractivity contribution in [3.05, 3.63) is 29.7 Å². The van der Waals surface area contributed by atoms with Crippen LogP contribution in [0.1, 0.15) is 40.9 Å². The molecule has 0 atom stereocenters. The minimum atomic E-state index is -1.00. The number of carbonyl (C=O) groups excluding carboxylic acids is 1. The number of hydrogen-bond acceptors (Lipinski definition) is 7. The maximum Gasteiger partial charge on any atom is 0.245 e. The average Bonchev–Trinajstić information content (AvgIpc) is 2.68. The highest BCUT2D eigenvalue weighted by Crippen LogP contribution is 2.31. The molecule has 2 aliphatic rings. The van der Waals surface area contributed by atoms with Crippen LogP contribution in [0.25, 0.3) is 11.3 Å². The molecular weight excluding hydrogens is 370 g/mol. The number of nitrogens with one attached hydrogen (secondary N) is 1. The van der Waals surface area contributed by atoms with E-state index >= 15 is 0 Å². The number of pyridine rings is 1. The summed E-state index contributed by atoms with van der Waals surface area (Å²) in [5.41, 5.74) is 1.93. The molecule has 158 valence electrons. The van der Waals surface area contributed by atoms with E-state index in [1.807, 2.05) is 24.0 Å². The Kier molecular flexibility index (Phi) is 5.23. The van der Waals surface area contributed by atoms with Crippen LogP contribution < -0.4 is 10.2 Å². The van der Waals surface area contributed by atoms with E-state index in [9.17, 15) is 9.90 Å². The summed E-state index contributed by atoms with van der Waals surface area (Å²) in [6.45, 7) is 7.89. The number of carbonyl (C=O) groups is 1. The first kappa shape index (κ1) is 19.7. The summed E-state index contributed by atoms with van der Waals surface area (Å²) in [5.74, 6) is 1.59. The van der Waals surface area contributed by atoms with Crippen molar-refractivity contribution in [2.45, 2.75) is 39.2 Å². The monoisotopic (exact) mass is 401 g/mol. The summed E-state index contributed by atoms with van der Waals surface area (Å²) in [5, 5.41) is 13.0. The largest absolute Gasteiger partial charge is 0.384 e. The van der Waals surface area contributed by atoms with Crippen LogP contribution >= 0.6 is 0 Å². The second-order valence-corrected chi connectivity index (χ2v) is 8.30.